The molecule has 0 aromatic rings. The summed E-state index contributed by atoms with van der Waals surface area (Å²) >= 11 is 0. The van der Waals surface area contributed by atoms with Gasteiger partial charge in [0.25, 0.3) is 0 Å². The standard InChI is InChI=1S/C15H27N3/c1-3-10-16-12(6-1)14-8-5-9-15(18-14)13-7-2-4-11-17-13/h1,6,12-18H,2-5,7-11H2. The van der Waals surface area contributed by atoms with Crippen LogP contribution in [0.4, 0.5) is 0 Å². The predicted octanol–water partition coefficient (Wildman–Crippen LogP) is 1.56. The lowest BCUT2D eigenvalue weighted by Crippen LogP contribution is -2.59. The van der Waals surface area contributed by atoms with Crippen molar-refractivity contribution >= 4 is 0 Å². The lowest BCUT2D eigenvalue weighted by Gasteiger charge is -2.41. The molecular weight excluding hydrogens is 222 g/mol. The van der Waals surface area contributed by atoms with Crippen LogP contribution in [0.15, 0.2) is 12.2 Å². The molecule has 3 aliphatic rings. The Balaban J connectivity index is 1.57. The molecule has 0 saturated carbocycles. The molecule has 0 amide bonds. The van der Waals surface area contributed by atoms with Gasteiger partial charge in [-0.15, -0.1) is 0 Å². The van der Waals surface area contributed by atoms with Crippen molar-refractivity contribution < 1.29 is 0 Å². The summed E-state index contributed by atoms with van der Waals surface area (Å²) in [6.07, 6.45) is 14.1. The third kappa shape index (κ3) is 2.95. The first-order valence-electron chi connectivity index (χ1n) is 7.83. The van der Waals surface area contributed by atoms with E-state index in [1.165, 1.54) is 51.5 Å². The van der Waals surface area contributed by atoms with Crippen molar-refractivity contribution in [1.29, 1.82) is 0 Å². The van der Waals surface area contributed by atoms with Gasteiger partial charge in [-0.05, 0) is 45.2 Å². The molecule has 2 fully saturated rings. The topological polar surface area (TPSA) is 36.1 Å². The van der Waals surface area contributed by atoms with Crippen molar-refractivity contribution in [2.24, 2.45) is 0 Å². The Morgan fingerprint density at radius 1 is 0.778 bits per heavy atom. The number of nitrogens with one attached hydrogen (secondary N) is 3. The van der Waals surface area contributed by atoms with Crippen LogP contribution in [0.3, 0.4) is 0 Å². The van der Waals surface area contributed by atoms with Crippen molar-refractivity contribution in [1.82, 2.24) is 16.0 Å². The maximum absolute atomic E-state index is 3.92. The quantitative estimate of drug-likeness (QED) is 0.650. The number of hydrogen-bond acceptors (Lipinski definition) is 3. The Bertz CT molecular complexity index is 283. The lowest BCUT2D eigenvalue weighted by atomic mass is 9.87. The van der Waals surface area contributed by atoms with E-state index in [-0.39, 0.29) is 0 Å². The molecule has 0 bridgehead atoms. The molecule has 4 unspecified atom stereocenters. The SMILES string of the molecule is C1=CC(C2CCCC(C3CCCCN3)N2)NCC1. The second-order valence-corrected chi connectivity index (χ2v) is 6.06. The van der Waals surface area contributed by atoms with E-state index in [9.17, 15) is 0 Å². The smallest absolute Gasteiger partial charge is 0.0405 e. The highest BCUT2D eigenvalue weighted by atomic mass is 15.1. The average molecular weight is 249 g/mol. The zero-order valence-corrected chi connectivity index (χ0v) is 11.3. The molecular formula is C15H27N3. The molecule has 3 rings (SSSR count). The van der Waals surface area contributed by atoms with Gasteiger partial charge in [0.2, 0.25) is 0 Å². The summed E-state index contributed by atoms with van der Waals surface area (Å²) in [5.74, 6) is 0. The minimum Gasteiger partial charge on any atom is -0.312 e. The van der Waals surface area contributed by atoms with E-state index in [2.05, 4.69) is 28.1 Å². The van der Waals surface area contributed by atoms with Crippen LogP contribution in [-0.4, -0.2) is 37.3 Å². The maximum atomic E-state index is 3.92. The maximum Gasteiger partial charge on any atom is 0.0405 e. The minimum absolute atomic E-state index is 0.560. The first-order chi connectivity index (χ1) is 8.93. The van der Waals surface area contributed by atoms with Crippen molar-refractivity contribution in [3.05, 3.63) is 12.2 Å². The molecule has 3 heterocycles. The molecule has 3 heteroatoms. The van der Waals surface area contributed by atoms with Crippen LogP contribution in [0.25, 0.3) is 0 Å². The van der Waals surface area contributed by atoms with Gasteiger partial charge in [0.1, 0.15) is 0 Å². The van der Waals surface area contributed by atoms with Gasteiger partial charge in [0.05, 0.1) is 0 Å². The third-order valence-corrected chi connectivity index (χ3v) is 4.76. The Kier molecular flexibility index (Phi) is 4.34. The zero-order valence-electron chi connectivity index (χ0n) is 11.3. The minimum atomic E-state index is 0.560. The summed E-state index contributed by atoms with van der Waals surface area (Å²) in [4.78, 5) is 0. The molecule has 3 nitrogen and oxygen atoms in total. The summed E-state index contributed by atoms with van der Waals surface area (Å²) in [7, 11) is 0. The van der Waals surface area contributed by atoms with E-state index in [0.717, 1.165) is 6.54 Å². The molecule has 0 aliphatic carbocycles. The Labute approximate surface area is 111 Å². The van der Waals surface area contributed by atoms with E-state index < -0.39 is 0 Å². The van der Waals surface area contributed by atoms with Crippen molar-refractivity contribution in [2.75, 3.05) is 13.1 Å². The fourth-order valence-corrected chi connectivity index (χ4v) is 3.74. The van der Waals surface area contributed by atoms with Crippen molar-refractivity contribution in [3.63, 3.8) is 0 Å². The Hall–Kier alpha value is -0.380. The normalized spacial score (nSPS) is 41.8. The van der Waals surface area contributed by atoms with Gasteiger partial charge in [-0.25, -0.2) is 0 Å². The van der Waals surface area contributed by atoms with Gasteiger partial charge in [0.15, 0.2) is 0 Å². The highest BCUT2D eigenvalue weighted by Crippen LogP contribution is 2.22. The molecule has 3 aliphatic heterocycles. The zero-order chi connectivity index (χ0) is 12.2. The fourth-order valence-electron chi connectivity index (χ4n) is 3.74. The van der Waals surface area contributed by atoms with E-state index >= 15 is 0 Å². The lowest BCUT2D eigenvalue weighted by molar-refractivity contribution is 0.218. The Morgan fingerprint density at radius 2 is 1.67 bits per heavy atom. The van der Waals surface area contributed by atoms with Crippen LogP contribution >= 0.6 is 0 Å². The van der Waals surface area contributed by atoms with E-state index in [4.69, 9.17) is 0 Å². The van der Waals surface area contributed by atoms with Gasteiger partial charge in [0, 0.05) is 24.2 Å². The number of rotatable bonds is 2. The largest absolute Gasteiger partial charge is 0.312 e. The van der Waals surface area contributed by atoms with Gasteiger partial charge in [-0.3, -0.25) is 0 Å². The van der Waals surface area contributed by atoms with Crippen LogP contribution in [0.5, 0.6) is 0 Å². The molecule has 0 radical (unpaired) electrons. The van der Waals surface area contributed by atoms with Crippen molar-refractivity contribution in [3.8, 4) is 0 Å². The fraction of sp³-hybridized carbons (Fsp3) is 0.867. The second-order valence-electron chi connectivity index (χ2n) is 6.06. The van der Waals surface area contributed by atoms with Gasteiger partial charge < -0.3 is 16.0 Å². The molecule has 3 N–H and O–H groups in total. The Morgan fingerprint density at radius 3 is 2.44 bits per heavy atom. The summed E-state index contributed by atoms with van der Waals surface area (Å²) < 4.78 is 0. The van der Waals surface area contributed by atoms with Crippen LogP contribution in [0, 0.1) is 0 Å². The predicted molar refractivity (Wildman–Crippen MR) is 75.8 cm³/mol. The highest BCUT2D eigenvalue weighted by Gasteiger charge is 2.31. The summed E-state index contributed by atoms with van der Waals surface area (Å²) in [5.41, 5.74) is 0. The molecule has 2 saturated heterocycles. The van der Waals surface area contributed by atoms with Crippen LogP contribution in [0.1, 0.15) is 44.9 Å². The number of hydrogen-bond donors (Lipinski definition) is 3. The van der Waals surface area contributed by atoms with E-state index in [1.807, 2.05) is 0 Å². The highest BCUT2D eigenvalue weighted by molar-refractivity contribution is 5.06. The summed E-state index contributed by atoms with van der Waals surface area (Å²) in [6, 6.07) is 2.62. The first-order valence-corrected chi connectivity index (χ1v) is 7.83. The van der Waals surface area contributed by atoms with Crippen LogP contribution < -0.4 is 16.0 Å². The van der Waals surface area contributed by atoms with Crippen LogP contribution in [0.2, 0.25) is 0 Å². The third-order valence-electron chi connectivity index (χ3n) is 4.76. The first kappa shape index (κ1) is 12.6. The molecule has 0 aromatic heterocycles. The molecule has 18 heavy (non-hydrogen) atoms. The van der Waals surface area contributed by atoms with E-state index in [1.54, 1.807) is 0 Å². The molecule has 0 aromatic carbocycles. The average Bonchev–Trinajstić information content (AvgIpc) is 2.49. The molecule has 4 atom stereocenters. The van der Waals surface area contributed by atoms with Gasteiger partial charge in [-0.1, -0.05) is 25.0 Å². The number of piperidine rings is 2. The van der Waals surface area contributed by atoms with Gasteiger partial charge >= 0.3 is 0 Å². The summed E-state index contributed by atoms with van der Waals surface area (Å²) in [6.45, 7) is 2.36. The van der Waals surface area contributed by atoms with Gasteiger partial charge in [-0.2, -0.15) is 0 Å². The van der Waals surface area contributed by atoms with E-state index in [0.29, 0.717) is 24.2 Å². The van der Waals surface area contributed by atoms with Crippen molar-refractivity contribution in [2.45, 2.75) is 69.1 Å². The summed E-state index contributed by atoms with van der Waals surface area (Å²) in [5, 5.41) is 11.3. The van der Waals surface area contributed by atoms with Crippen LogP contribution in [-0.2, 0) is 0 Å². The molecule has 0 spiro atoms. The monoisotopic (exact) mass is 249 g/mol. The second kappa shape index (κ2) is 6.18. The molecule has 102 valence electrons.